The van der Waals surface area contributed by atoms with Crippen LogP contribution in [-0.4, -0.2) is 34.2 Å². The first-order chi connectivity index (χ1) is 12.5. The molecule has 0 saturated carbocycles. The van der Waals surface area contributed by atoms with E-state index >= 15 is 0 Å². The summed E-state index contributed by atoms with van der Waals surface area (Å²) in [6.07, 6.45) is 0. The van der Waals surface area contributed by atoms with E-state index in [0.717, 1.165) is 17.3 Å². The summed E-state index contributed by atoms with van der Waals surface area (Å²) in [6, 6.07) is 14.1. The van der Waals surface area contributed by atoms with Gasteiger partial charge in [-0.2, -0.15) is 0 Å². The molecule has 4 nitrogen and oxygen atoms in total. The van der Waals surface area contributed by atoms with Crippen molar-refractivity contribution in [2.45, 2.75) is 6.54 Å². The number of thioether (sulfide) groups is 1. The maximum Gasteiger partial charge on any atom is 0.268 e. The number of aliphatic hydroxyl groups is 1. The zero-order chi connectivity index (χ0) is 18.7. The Morgan fingerprint density at radius 3 is 2.38 bits per heavy atom. The summed E-state index contributed by atoms with van der Waals surface area (Å²) in [5, 5.41) is 9.88. The molecule has 0 atom stereocenters. The molecule has 2 aromatic rings. The molecule has 2 amide bonds. The molecule has 0 unspecified atom stereocenters. The summed E-state index contributed by atoms with van der Waals surface area (Å²) < 4.78 is 0. The van der Waals surface area contributed by atoms with Gasteiger partial charge in [0.2, 0.25) is 0 Å². The smallest absolute Gasteiger partial charge is 0.268 e. The van der Waals surface area contributed by atoms with E-state index in [1.807, 2.05) is 30.3 Å². The number of hydrogen-bond acceptors (Lipinski definition) is 4. The second-order valence-electron chi connectivity index (χ2n) is 5.58. The van der Waals surface area contributed by atoms with Crippen LogP contribution in [-0.2, 0) is 16.1 Å². The van der Waals surface area contributed by atoms with E-state index in [9.17, 15) is 9.59 Å². The molecule has 26 heavy (non-hydrogen) atoms. The van der Waals surface area contributed by atoms with Gasteiger partial charge in [-0.3, -0.25) is 14.5 Å². The fourth-order valence-electron chi connectivity index (χ4n) is 2.67. The number of aliphatic hydroxyl groups excluding tert-OH is 1. The van der Waals surface area contributed by atoms with Crippen LogP contribution in [0.5, 0.6) is 0 Å². The molecular weight excluding hydrogens is 393 g/mol. The maximum absolute atomic E-state index is 13.0. The van der Waals surface area contributed by atoms with Gasteiger partial charge in [-0.1, -0.05) is 59.6 Å². The van der Waals surface area contributed by atoms with E-state index in [2.05, 4.69) is 0 Å². The zero-order valence-electron chi connectivity index (χ0n) is 13.6. The molecule has 134 valence electrons. The van der Waals surface area contributed by atoms with Crippen molar-refractivity contribution >= 4 is 52.4 Å². The van der Waals surface area contributed by atoms with E-state index in [1.54, 1.807) is 12.1 Å². The lowest BCUT2D eigenvalue weighted by Crippen LogP contribution is -2.31. The fourth-order valence-corrected chi connectivity index (χ4v) is 4.05. The lowest BCUT2D eigenvalue weighted by atomic mass is 10.1. The first kappa shape index (κ1) is 19.0. The zero-order valence-corrected chi connectivity index (χ0v) is 15.9. The van der Waals surface area contributed by atoms with E-state index in [-0.39, 0.29) is 24.6 Å². The predicted octanol–water partition coefficient (Wildman–Crippen LogP) is 4.00. The number of imide groups is 1. The summed E-state index contributed by atoms with van der Waals surface area (Å²) in [6.45, 7) is 0.0757. The predicted molar refractivity (Wildman–Crippen MR) is 105 cm³/mol. The van der Waals surface area contributed by atoms with Gasteiger partial charge in [0.05, 0.1) is 28.7 Å². The van der Waals surface area contributed by atoms with Gasteiger partial charge in [0.15, 0.2) is 0 Å². The van der Waals surface area contributed by atoms with Crippen LogP contribution in [0.3, 0.4) is 0 Å². The minimum absolute atomic E-state index is 0.101. The monoisotopic (exact) mass is 407 g/mol. The number of nitrogens with zero attached hydrogens (tertiary/aromatic N) is 1. The van der Waals surface area contributed by atoms with Crippen LogP contribution >= 0.6 is 35.0 Å². The molecule has 0 radical (unpaired) electrons. The third-order valence-corrected chi connectivity index (χ3v) is 5.45. The van der Waals surface area contributed by atoms with Gasteiger partial charge in [-0.25, -0.2) is 0 Å². The van der Waals surface area contributed by atoms with Crippen molar-refractivity contribution in [3.8, 4) is 0 Å². The van der Waals surface area contributed by atoms with Gasteiger partial charge < -0.3 is 5.11 Å². The molecular formula is C19H15Cl2NO3S. The number of hydrogen-bond donors (Lipinski definition) is 1. The van der Waals surface area contributed by atoms with Gasteiger partial charge >= 0.3 is 0 Å². The third kappa shape index (κ3) is 3.81. The van der Waals surface area contributed by atoms with E-state index in [0.29, 0.717) is 26.3 Å². The highest BCUT2D eigenvalue weighted by molar-refractivity contribution is 8.04. The topological polar surface area (TPSA) is 57.6 Å². The van der Waals surface area contributed by atoms with Crippen molar-refractivity contribution in [3.63, 3.8) is 0 Å². The average Bonchev–Trinajstić information content (AvgIpc) is 2.85. The second-order valence-corrected chi connectivity index (χ2v) is 7.53. The van der Waals surface area contributed by atoms with Crippen LogP contribution in [0.2, 0.25) is 10.0 Å². The summed E-state index contributed by atoms with van der Waals surface area (Å²) in [5.74, 6) is -0.468. The van der Waals surface area contributed by atoms with Crippen LogP contribution in [0.1, 0.15) is 11.1 Å². The van der Waals surface area contributed by atoms with Crippen LogP contribution in [0, 0.1) is 0 Å². The molecule has 1 heterocycles. The Balaban J connectivity index is 2.01. The van der Waals surface area contributed by atoms with Crippen molar-refractivity contribution in [3.05, 3.63) is 74.6 Å². The van der Waals surface area contributed by atoms with Gasteiger partial charge in [0.25, 0.3) is 11.8 Å². The van der Waals surface area contributed by atoms with Crippen molar-refractivity contribution in [2.24, 2.45) is 0 Å². The molecule has 7 heteroatoms. The SMILES string of the molecule is O=C1C(SCCO)=C(c2ccc(Cl)cc2Cl)C(=O)N1Cc1ccccc1. The number of rotatable bonds is 6. The van der Waals surface area contributed by atoms with Crippen LogP contribution in [0.25, 0.3) is 5.57 Å². The number of benzene rings is 2. The van der Waals surface area contributed by atoms with Gasteiger partial charge in [-0.05, 0) is 17.7 Å². The van der Waals surface area contributed by atoms with Crippen molar-refractivity contribution in [2.75, 3.05) is 12.4 Å². The molecule has 3 rings (SSSR count). The minimum atomic E-state index is -0.400. The Morgan fingerprint density at radius 1 is 1.00 bits per heavy atom. The van der Waals surface area contributed by atoms with Crippen molar-refractivity contribution in [1.82, 2.24) is 4.90 Å². The quantitative estimate of drug-likeness (QED) is 0.735. The van der Waals surface area contributed by atoms with Gasteiger partial charge in [0.1, 0.15) is 0 Å². The third-order valence-electron chi connectivity index (χ3n) is 3.85. The fraction of sp³-hybridized carbons (Fsp3) is 0.158. The average molecular weight is 408 g/mol. The molecule has 1 aliphatic rings. The largest absolute Gasteiger partial charge is 0.396 e. The Hall–Kier alpha value is -1.79. The van der Waals surface area contributed by atoms with E-state index in [1.165, 1.54) is 11.0 Å². The highest BCUT2D eigenvalue weighted by Crippen LogP contribution is 2.39. The minimum Gasteiger partial charge on any atom is -0.396 e. The van der Waals surface area contributed by atoms with Gasteiger partial charge in [0, 0.05) is 16.3 Å². The Bertz CT molecular complexity index is 884. The molecule has 0 saturated heterocycles. The molecule has 0 aromatic heterocycles. The van der Waals surface area contributed by atoms with E-state index in [4.69, 9.17) is 28.3 Å². The van der Waals surface area contributed by atoms with Crippen LogP contribution in [0.15, 0.2) is 53.4 Å². The van der Waals surface area contributed by atoms with Crippen molar-refractivity contribution in [1.29, 1.82) is 0 Å². The number of carbonyl (C=O) groups excluding carboxylic acids is 2. The first-order valence-electron chi connectivity index (χ1n) is 7.86. The summed E-state index contributed by atoms with van der Waals surface area (Å²) in [5.41, 5.74) is 1.57. The van der Waals surface area contributed by atoms with Crippen LogP contribution in [0.4, 0.5) is 0 Å². The van der Waals surface area contributed by atoms with E-state index < -0.39 is 5.91 Å². The molecule has 0 spiro atoms. The molecule has 0 fully saturated rings. The molecule has 0 bridgehead atoms. The molecule has 1 aliphatic heterocycles. The Kier molecular flexibility index (Phi) is 6.04. The summed E-state index contributed by atoms with van der Waals surface area (Å²) >= 11 is 13.4. The standard InChI is InChI=1S/C19H15Cl2NO3S/c20-13-6-7-14(15(21)10-13)16-17(26-9-8-23)19(25)22(18(16)24)11-12-4-2-1-3-5-12/h1-7,10,23H,8-9,11H2. The number of halogens is 2. The molecule has 2 aromatic carbocycles. The normalized spacial score (nSPS) is 14.5. The highest BCUT2D eigenvalue weighted by atomic mass is 35.5. The lowest BCUT2D eigenvalue weighted by molar-refractivity contribution is -0.137. The summed E-state index contributed by atoms with van der Waals surface area (Å²) in [4.78, 5) is 27.4. The summed E-state index contributed by atoms with van der Waals surface area (Å²) in [7, 11) is 0. The van der Waals surface area contributed by atoms with Crippen molar-refractivity contribution < 1.29 is 14.7 Å². The number of carbonyl (C=O) groups is 2. The Labute approximate surface area is 165 Å². The van der Waals surface area contributed by atoms with Crippen LogP contribution < -0.4 is 0 Å². The first-order valence-corrected chi connectivity index (χ1v) is 9.60. The van der Waals surface area contributed by atoms with Gasteiger partial charge in [-0.15, -0.1) is 11.8 Å². The highest BCUT2D eigenvalue weighted by Gasteiger charge is 2.39. The number of amides is 2. The Morgan fingerprint density at radius 2 is 1.73 bits per heavy atom. The lowest BCUT2D eigenvalue weighted by Gasteiger charge is -2.15. The second kappa shape index (κ2) is 8.27. The molecule has 1 N–H and O–H groups in total. The maximum atomic E-state index is 13.0. The molecule has 0 aliphatic carbocycles.